The van der Waals surface area contributed by atoms with E-state index in [-0.39, 0.29) is 5.82 Å². The molecule has 74 valence electrons. The summed E-state index contributed by atoms with van der Waals surface area (Å²) < 4.78 is 12.9. The molecule has 1 aromatic rings. The first-order valence-electron chi connectivity index (χ1n) is 5.00. The van der Waals surface area contributed by atoms with Crippen LogP contribution in [0, 0.1) is 5.82 Å². The molecule has 1 saturated heterocycles. The summed E-state index contributed by atoms with van der Waals surface area (Å²) in [6.07, 6.45) is 4.26. The minimum absolute atomic E-state index is 0.159. The Morgan fingerprint density at radius 1 is 1.21 bits per heavy atom. The molecule has 2 rings (SSSR count). The van der Waals surface area contributed by atoms with E-state index in [9.17, 15) is 4.39 Å². The number of halogens is 1. The second kappa shape index (κ2) is 4.38. The van der Waals surface area contributed by atoms with Crippen LogP contribution in [0.2, 0.25) is 0 Å². The topological polar surface area (TPSA) is 12.0 Å². The van der Waals surface area contributed by atoms with Gasteiger partial charge in [0.15, 0.2) is 0 Å². The van der Waals surface area contributed by atoms with E-state index in [0.29, 0.717) is 0 Å². The van der Waals surface area contributed by atoms with Crippen molar-refractivity contribution in [2.24, 2.45) is 0 Å². The number of nitrogens with one attached hydrogen (secondary N) is 1. The van der Waals surface area contributed by atoms with Gasteiger partial charge in [0.1, 0.15) is 5.82 Å². The van der Waals surface area contributed by atoms with Crippen LogP contribution in [0.4, 0.5) is 4.39 Å². The lowest BCUT2D eigenvalue weighted by Gasteiger charge is -2.15. The third-order valence-corrected chi connectivity index (χ3v) is 2.47. The lowest BCUT2D eigenvalue weighted by molar-refractivity contribution is 0.613. The Morgan fingerprint density at radius 3 is 2.71 bits per heavy atom. The molecule has 1 fully saturated rings. The van der Waals surface area contributed by atoms with Gasteiger partial charge in [0.2, 0.25) is 0 Å². The number of rotatable bonds is 1. The first-order chi connectivity index (χ1) is 6.84. The Morgan fingerprint density at radius 2 is 2.00 bits per heavy atom. The highest BCUT2D eigenvalue weighted by Crippen LogP contribution is 2.15. The molecule has 0 amide bonds. The summed E-state index contributed by atoms with van der Waals surface area (Å²) in [6, 6.07) is 6.75. The molecule has 1 aromatic carbocycles. The van der Waals surface area contributed by atoms with Crippen molar-refractivity contribution in [3.05, 3.63) is 41.2 Å². The van der Waals surface area contributed by atoms with Crippen LogP contribution < -0.4 is 5.32 Å². The zero-order chi connectivity index (χ0) is 9.80. The molecule has 1 nitrogen and oxygen atoms in total. The van der Waals surface area contributed by atoms with E-state index in [1.165, 1.54) is 11.6 Å². The van der Waals surface area contributed by atoms with E-state index >= 15 is 0 Å². The minimum Gasteiger partial charge on any atom is -0.316 e. The molecule has 1 aliphatic heterocycles. The van der Waals surface area contributed by atoms with Crippen molar-refractivity contribution < 1.29 is 4.39 Å². The van der Waals surface area contributed by atoms with Gasteiger partial charge >= 0.3 is 0 Å². The van der Waals surface area contributed by atoms with Crippen LogP contribution in [0.3, 0.4) is 0 Å². The molecule has 1 heterocycles. The predicted octanol–water partition coefficient (Wildman–Crippen LogP) is 2.59. The summed E-state index contributed by atoms with van der Waals surface area (Å²) in [5, 5.41) is 3.30. The van der Waals surface area contributed by atoms with E-state index < -0.39 is 0 Å². The number of hydrogen-bond donors (Lipinski definition) is 1. The summed E-state index contributed by atoms with van der Waals surface area (Å²) in [6.45, 7) is 2.09. The van der Waals surface area contributed by atoms with E-state index in [0.717, 1.165) is 31.5 Å². The zero-order valence-corrected chi connectivity index (χ0v) is 8.09. The molecule has 14 heavy (non-hydrogen) atoms. The molecule has 1 N–H and O–H groups in total. The molecule has 0 saturated carbocycles. The van der Waals surface area contributed by atoms with Gasteiger partial charge in [-0.25, -0.2) is 4.39 Å². The van der Waals surface area contributed by atoms with Crippen LogP contribution in [0.1, 0.15) is 18.4 Å². The highest BCUT2D eigenvalue weighted by atomic mass is 19.1. The largest absolute Gasteiger partial charge is 0.316 e. The van der Waals surface area contributed by atoms with Gasteiger partial charge < -0.3 is 5.32 Å². The molecule has 0 unspecified atom stereocenters. The second-order valence-corrected chi connectivity index (χ2v) is 3.61. The molecule has 0 radical (unpaired) electrons. The predicted molar refractivity (Wildman–Crippen MR) is 56.5 cm³/mol. The van der Waals surface area contributed by atoms with E-state index in [2.05, 4.69) is 11.4 Å². The van der Waals surface area contributed by atoms with Gasteiger partial charge in [0, 0.05) is 0 Å². The lowest BCUT2D eigenvalue weighted by atomic mass is 10.0. The summed E-state index contributed by atoms with van der Waals surface area (Å²) in [5.41, 5.74) is 2.39. The first kappa shape index (κ1) is 9.41. The molecular weight excluding hydrogens is 177 g/mol. The zero-order valence-electron chi connectivity index (χ0n) is 8.09. The van der Waals surface area contributed by atoms with Gasteiger partial charge in [0.05, 0.1) is 0 Å². The van der Waals surface area contributed by atoms with Gasteiger partial charge in [-0.15, -0.1) is 0 Å². The fourth-order valence-electron chi connectivity index (χ4n) is 1.72. The monoisotopic (exact) mass is 191 g/mol. The molecule has 0 atom stereocenters. The lowest BCUT2D eigenvalue weighted by Crippen LogP contribution is -2.22. The summed E-state index contributed by atoms with van der Waals surface area (Å²) in [7, 11) is 0. The Bertz CT molecular complexity index is 336. The molecule has 2 heteroatoms. The highest BCUT2D eigenvalue weighted by Gasteiger charge is 2.04. The van der Waals surface area contributed by atoms with Gasteiger partial charge in [-0.2, -0.15) is 0 Å². The van der Waals surface area contributed by atoms with Crippen LogP contribution in [-0.4, -0.2) is 13.1 Å². The maximum absolute atomic E-state index is 12.9. The first-order valence-corrected chi connectivity index (χ1v) is 5.00. The van der Waals surface area contributed by atoms with Gasteiger partial charge in [-0.1, -0.05) is 23.8 Å². The minimum atomic E-state index is -0.159. The average Bonchev–Trinajstić information content (AvgIpc) is 2.19. The standard InChI is InChI=1S/C12H14FN/c13-12-3-1-2-11(9-12)8-10-4-6-14-7-5-10/h1-3,8-9,14H,4-7H2. The van der Waals surface area contributed by atoms with Crippen molar-refractivity contribution in [2.75, 3.05) is 13.1 Å². The van der Waals surface area contributed by atoms with Crippen molar-refractivity contribution >= 4 is 6.08 Å². The maximum Gasteiger partial charge on any atom is 0.123 e. The van der Waals surface area contributed by atoms with Gasteiger partial charge in [-0.3, -0.25) is 0 Å². The third kappa shape index (κ3) is 2.42. The summed E-state index contributed by atoms with van der Waals surface area (Å²) in [4.78, 5) is 0. The second-order valence-electron chi connectivity index (χ2n) is 3.61. The maximum atomic E-state index is 12.9. The average molecular weight is 191 g/mol. The highest BCUT2D eigenvalue weighted by molar-refractivity contribution is 5.53. The number of piperidine rings is 1. The molecular formula is C12H14FN. The number of hydrogen-bond acceptors (Lipinski definition) is 1. The Balaban J connectivity index is 2.15. The van der Waals surface area contributed by atoms with E-state index in [1.807, 2.05) is 6.07 Å². The quantitative estimate of drug-likeness (QED) is 0.719. The van der Waals surface area contributed by atoms with Gasteiger partial charge in [-0.05, 0) is 43.6 Å². The Hall–Kier alpha value is -1.15. The smallest absolute Gasteiger partial charge is 0.123 e. The Labute approximate surface area is 83.6 Å². The van der Waals surface area contributed by atoms with E-state index in [1.54, 1.807) is 12.1 Å². The van der Waals surface area contributed by atoms with Crippen molar-refractivity contribution in [1.29, 1.82) is 0 Å². The van der Waals surface area contributed by atoms with Crippen molar-refractivity contribution in [1.82, 2.24) is 5.32 Å². The Kier molecular flexibility index (Phi) is 2.94. The van der Waals surface area contributed by atoms with Gasteiger partial charge in [0.25, 0.3) is 0 Å². The van der Waals surface area contributed by atoms with Crippen molar-refractivity contribution in [2.45, 2.75) is 12.8 Å². The third-order valence-electron chi connectivity index (χ3n) is 2.47. The van der Waals surface area contributed by atoms with Crippen LogP contribution in [-0.2, 0) is 0 Å². The molecule has 0 aliphatic carbocycles. The normalized spacial score (nSPS) is 16.8. The summed E-state index contributed by atoms with van der Waals surface area (Å²) in [5.74, 6) is -0.159. The summed E-state index contributed by atoms with van der Waals surface area (Å²) >= 11 is 0. The molecule has 1 aliphatic rings. The van der Waals surface area contributed by atoms with E-state index in [4.69, 9.17) is 0 Å². The van der Waals surface area contributed by atoms with Crippen LogP contribution in [0.15, 0.2) is 29.8 Å². The molecule has 0 bridgehead atoms. The number of benzene rings is 1. The van der Waals surface area contributed by atoms with Crippen LogP contribution >= 0.6 is 0 Å². The fourth-order valence-corrected chi connectivity index (χ4v) is 1.72. The fraction of sp³-hybridized carbons (Fsp3) is 0.333. The SMILES string of the molecule is Fc1cccc(C=C2CCNCC2)c1. The molecule has 0 spiro atoms. The van der Waals surface area contributed by atoms with Crippen molar-refractivity contribution in [3.8, 4) is 0 Å². The van der Waals surface area contributed by atoms with Crippen molar-refractivity contribution in [3.63, 3.8) is 0 Å². The van der Waals surface area contributed by atoms with Crippen LogP contribution in [0.5, 0.6) is 0 Å². The van der Waals surface area contributed by atoms with Crippen LogP contribution in [0.25, 0.3) is 6.08 Å². The molecule has 0 aromatic heterocycles.